The fourth-order valence-electron chi connectivity index (χ4n) is 2.09. The van der Waals surface area contributed by atoms with Gasteiger partial charge in [0.25, 0.3) is 0 Å². The zero-order valence-electron chi connectivity index (χ0n) is 10.2. The maximum absolute atomic E-state index is 10.3. The molecule has 2 atom stereocenters. The maximum Gasteiger partial charge on any atom is 0.181 e. The Hall–Kier alpha value is -1.22. The molecule has 1 aliphatic rings. The Morgan fingerprint density at radius 1 is 0.938 bits per heavy atom. The normalized spacial score (nSPS) is 36.6. The lowest BCUT2D eigenvalue weighted by Gasteiger charge is -2.40. The van der Waals surface area contributed by atoms with Crippen LogP contribution in [0.5, 0.6) is 0 Å². The van der Waals surface area contributed by atoms with Crippen molar-refractivity contribution < 1.29 is 5.11 Å². The monoisotopic (exact) mass is 218 g/mol. The Kier molecular flexibility index (Phi) is 2.21. The standard InChI is InChI=1S/C13H18N2O/c1-11(2)12(3,14-15-13(11,4)16)10-8-6-5-7-9-10/h5-9,16H,1-4H3/t12-,13+/m1/s1. The summed E-state index contributed by atoms with van der Waals surface area (Å²) >= 11 is 0. The Morgan fingerprint density at radius 3 is 1.94 bits per heavy atom. The topological polar surface area (TPSA) is 45.0 Å². The molecule has 86 valence electrons. The Bertz CT molecular complexity index is 423. The molecule has 1 heterocycles. The molecule has 3 nitrogen and oxygen atoms in total. The van der Waals surface area contributed by atoms with Gasteiger partial charge in [-0.25, -0.2) is 0 Å². The predicted octanol–water partition coefficient (Wildman–Crippen LogP) is 3.10. The van der Waals surface area contributed by atoms with Crippen LogP contribution in [0.2, 0.25) is 0 Å². The number of hydrogen-bond donors (Lipinski definition) is 1. The zero-order chi connectivity index (χ0) is 12.0. The van der Waals surface area contributed by atoms with Crippen molar-refractivity contribution in [3.63, 3.8) is 0 Å². The maximum atomic E-state index is 10.3. The molecule has 0 unspecified atom stereocenters. The smallest absolute Gasteiger partial charge is 0.181 e. The summed E-state index contributed by atoms with van der Waals surface area (Å²) in [7, 11) is 0. The first kappa shape index (κ1) is 11.3. The number of nitrogens with zero attached hydrogens (tertiary/aromatic N) is 2. The van der Waals surface area contributed by atoms with Crippen molar-refractivity contribution in [3.05, 3.63) is 35.9 Å². The highest BCUT2D eigenvalue weighted by Gasteiger charge is 2.58. The van der Waals surface area contributed by atoms with E-state index in [2.05, 4.69) is 10.2 Å². The molecular weight excluding hydrogens is 200 g/mol. The molecule has 0 saturated heterocycles. The molecule has 3 heteroatoms. The highest BCUT2D eigenvalue weighted by atomic mass is 16.3. The van der Waals surface area contributed by atoms with Crippen LogP contribution in [0.1, 0.15) is 33.3 Å². The molecule has 0 aliphatic carbocycles. The molecule has 1 aromatic rings. The molecule has 0 aromatic heterocycles. The van der Waals surface area contributed by atoms with Crippen LogP contribution in [0.25, 0.3) is 0 Å². The molecule has 0 radical (unpaired) electrons. The van der Waals surface area contributed by atoms with E-state index in [9.17, 15) is 5.11 Å². The molecule has 0 saturated carbocycles. The van der Waals surface area contributed by atoms with Gasteiger partial charge in [-0.05, 0) is 19.4 Å². The third-order valence-electron chi connectivity index (χ3n) is 4.18. The highest BCUT2D eigenvalue weighted by molar-refractivity contribution is 5.29. The lowest BCUT2D eigenvalue weighted by Crippen LogP contribution is -2.47. The Morgan fingerprint density at radius 2 is 1.50 bits per heavy atom. The fourth-order valence-corrected chi connectivity index (χ4v) is 2.09. The molecule has 0 bridgehead atoms. The quantitative estimate of drug-likeness (QED) is 0.773. The van der Waals surface area contributed by atoms with E-state index in [1.54, 1.807) is 6.92 Å². The second kappa shape index (κ2) is 3.14. The molecule has 16 heavy (non-hydrogen) atoms. The summed E-state index contributed by atoms with van der Waals surface area (Å²) in [5.41, 5.74) is -0.932. The van der Waals surface area contributed by atoms with Crippen LogP contribution >= 0.6 is 0 Å². The van der Waals surface area contributed by atoms with E-state index < -0.39 is 16.7 Å². The Labute approximate surface area is 96.2 Å². The van der Waals surface area contributed by atoms with Crippen molar-refractivity contribution in [2.45, 2.75) is 39.0 Å². The third kappa shape index (κ3) is 1.24. The van der Waals surface area contributed by atoms with Crippen LogP contribution in [-0.4, -0.2) is 10.8 Å². The predicted molar refractivity (Wildman–Crippen MR) is 63.1 cm³/mol. The summed E-state index contributed by atoms with van der Waals surface area (Å²) in [6.07, 6.45) is 0. The van der Waals surface area contributed by atoms with E-state index in [0.717, 1.165) is 5.56 Å². The van der Waals surface area contributed by atoms with Gasteiger partial charge in [0.1, 0.15) is 5.54 Å². The summed E-state index contributed by atoms with van der Waals surface area (Å²) in [6, 6.07) is 10.0. The van der Waals surface area contributed by atoms with Gasteiger partial charge in [0.15, 0.2) is 5.72 Å². The van der Waals surface area contributed by atoms with Gasteiger partial charge in [0.05, 0.1) is 0 Å². The van der Waals surface area contributed by atoms with E-state index in [1.165, 1.54) is 0 Å². The van der Waals surface area contributed by atoms with Gasteiger partial charge in [-0.1, -0.05) is 44.2 Å². The Balaban J connectivity index is 2.54. The van der Waals surface area contributed by atoms with Crippen LogP contribution in [0, 0.1) is 5.41 Å². The number of hydrogen-bond acceptors (Lipinski definition) is 3. The minimum Gasteiger partial charge on any atom is -0.367 e. The molecular formula is C13H18N2O. The van der Waals surface area contributed by atoms with Crippen LogP contribution in [-0.2, 0) is 5.54 Å². The number of benzene rings is 1. The number of azo groups is 1. The molecule has 0 fully saturated rings. The first-order valence-corrected chi connectivity index (χ1v) is 5.53. The molecule has 2 rings (SSSR count). The van der Waals surface area contributed by atoms with E-state index in [4.69, 9.17) is 0 Å². The van der Waals surface area contributed by atoms with E-state index in [-0.39, 0.29) is 0 Å². The average Bonchev–Trinajstić information content (AvgIpc) is 2.41. The lowest BCUT2D eigenvalue weighted by atomic mass is 9.65. The van der Waals surface area contributed by atoms with Crippen molar-refractivity contribution in [1.29, 1.82) is 0 Å². The van der Waals surface area contributed by atoms with Crippen molar-refractivity contribution in [3.8, 4) is 0 Å². The highest BCUT2D eigenvalue weighted by Crippen LogP contribution is 2.54. The van der Waals surface area contributed by atoms with Gasteiger partial charge in [-0.15, -0.1) is 0 Å². The molecule has 1 N–H and O–H groups in total. The molecule has 0 spiro atoms. The van der Waals surface area contributed by atoms with Crippen LogP contribution in [0.4, 0.5) is 0 Å². The van der Waals surface area contributed by atoms with E-state index >= 15 is 0 Å². The zero-order valence-corrected chi connectivity index (χ0v) is 10.2. The van der Waals surface area contributed by atoms with Gasteiger partial charge < -0.3 is 5.11 Å². The minimum absolute atomic E-state index is 0.429. The van der Waals surface area contributed by atoms with Gasteiger partial charge in [0.2, 0.25) is 0 Å². The molecule has 0 amide bonds. The van der Waals surface area contributed by atoms with Crippen LogP contribution in [0.15, 0.2) is 40.6 Å². The summed E-state index contributed by atoms with van der Waals surface area (Å²) < 4.78 is 0. The lowest BCUT2D eigenvalue weighted by molar-refractivity contribution is -0.0548. The second-order valence-electron chi connectivity index (χ2n) is 5.28. The number of rotatable bonds is 1. The van der Waals surface area contributed by atoms with E-state index in [1.807, 2.05) is 51.1 Å². The first-order chi connectivity index (χ1) is 7.31. The van der Waals surface area contributed by atoms with Crippen LogP contribution in [0.3, 0.4) is 0 Å². The van der Waals surface area contributed by atoms with E-state index in [0.29, 0.717) is 0 Å². The molecule has 1 aliphatic heterocycles. The summed E-state index contributed by atoms with van der Waals surface area (Å²) in [5.74, 6) is 0. The average molecular weight is 218 g/mol. The largest absolute Gasteiger partial charge is 0.367 e. The minimum atomic E-state index is -1.11. The fraction of sp³-hybridized carbons (Fsp3) is 0.538. The van der Waals surface area contributed by atoms with Gasteiger partial charge in [-0.2, -0.15) is 10.2 Å². The third-order valence-corrected chi connectivity index (χ3v) is 4.18. The van der Waals surface area contributed by atoms with Crippen molar-refractivity contribution >= 4 is 0 Å². The van der Waals surface area contributed by atoms with Gasteiger partial charge >= 0.3 is 0 Å². The summed E-state index contributed by atoms with van der Waals surface area (Å²) in [4.78, 5) is 0. The number of aliphatic hydroxyl groups is 1. The second-order valence-corrected chi connectivity index (χ2v) is 5.28. The van der Waals surface area contributed by atoms with Crippen LogP contribution < -0.4 is 0 Å². The summed E-state index contributed by atoms with van der Waals surface area (Å²) in [6.45, 7) is 7.73. The van der Waals surface area contributed by atoms with Gasteiger partial charge in [-0.3, -0.25) is 0 Å². The first-order valence-electron chi connectivity index (χ1n) is 5.53. The van der Waals surface area contributed by atoms with Crippen molar-refractivity contribution in [2.75, 3.05) is 0 Å². The molecule has 1 aromatic carbocycles. The summed E-state index contributed by atoms with van der Waals surface area (Å²) in [5, 5.41) is 18.6. The SMILES string of the molecule is CC1(C)[C@](C)(O)N=N[C@]1(C)c1ccccc1. The van der Waals surface area contributed by atoms with Crippen molar-refractivity contribution in [2.24, 2.45) is 15.6 Å². The van der Waals surface area contributed by atoms with Crippen molar-refractivity contribution in [1.82, 2.24) is 0 Å². The van der Waals surface area contributed by atoms with Gasteiger partial charge in [0, 0.05) is 5.41 Å².